The van der Waals surface area contributed by atoms with Gasteiger partial charge in [0.25, 0.3) is 0 Å². The highest BCUT2D eigenvalue weighted by molar-refractivity contribution is 7.98. The number of Topliss-reactive ketones (excluding diaryl/α,β-unsaturated/α-hetero) is 1. The van der Waals surface area contributed by atoms with Crippen molar-refractivity contribution in [1.29, 1.82) is 5.26 Å². The molecule has 0 amide bonds. The third kappa shape index (κ3) is 2.10. The van der Waals surface area contributed by atoms with Crippen molar-refractivity contribution in [3.05, 3.63) is 29.3 Å². The van der Waals surface area contributed by atoms with Crippen LogP contribution in [0, 0.1) is 11.3 Å². The first-order valence-corrected chi connectivity index (χ1v) is 5.00. The zero-order valence-electron chi connectivity index (χ0n) is 7.50. The van der Waals surface area contributed by atoms with E-state index in [1.165, 1.54) is 18.7 Å². The number of hydrogen-bond acceptors (Lipinski definition) is 3. The molecule has 0 aliphatic rings. The van der Waals surface area contributed by atoms with Gasteiger partial charge in [0.05, 0.1) is 11.6 Å². The largest absolute Gasteiger partial charge is 0.294 e. The average Bonchev–Trinajstić information content (AvgIpc) is 2.16. The van der Waals surface area contributed by atoms with Gasteiger partial charge in [0.1, 0.15) is 0 Å². The van der Waals surface area contributed by atoms with Gasteiger partial charge in [-0.1, -0.05) is 0 Å². The molecule has 0 unspecified atom stereocenters. The molecule has 0 radical (unpaired) electrons. The summed E-state index contributed by atoms with van der Waals surface area (Å²) in [5.41, 5.74) is 1.28. The van der Waals surface area contributed by atoms with Gasteiger partial charge in [-0.2, -0.15) is 5.26 Å². The van der Waals surface area contributed by atoms with Gasteiger partial charge in [0.2, 0.25) is 0 Å². The van der Waals surface area contributed by atoms with Crippen molar-refractivity contribution in [1.82, 2.24) is 0 Å². The van der Waals surface area contributed by atoms with E-state index in [2.05, 4.69) is 0 Å². The standard InChI is InChI=1S/C10H9NOS/c1-7(12)9-4-3-8(6-11)5-10(9)13-2/h3-5H,1-2H3. The van der Waals surface area contributed by atoms with E-state index in [0.717, 1.165) is 4.90 Å². The molecule has 66 valence electrons. The Bertz CT molecular complexity index is 379. The summed E-state index contributed by atoms with van der Waals surface area (Å²) in [5.74, 6) is 0.0360. The minimum absolute atomic E-state index is 0.0360. The highest BCUT2D eigenvalue weighted by Gasteiger charge is 2.06. The predicted octanol–water partition coefficient (Wildman–Crippen LogP) is 2.48. The van der Waals surface area contributed by atoms with E-state index in [9.17, 15) is 4.79 Å². The Balaban J connectivity index is 3.25. The van der Waals surface area contributed by atoms with Crippen molar-refractivity contribution in [2.24, 2.45) is 0 Å². The maximum Gasteiger partial charge on any atom is 0.160 e. The topological polar surface area (TPSA) is 40.9 Å². The fraction of sp³-hybridized carbons (Fsp3) is 0.200. The summed E-state index contributed by atoms with van der Waals surface area (Å²) in [5, 5.41) is 8.64. The van der Waals surface area contributed by atoms with Crippen molar-refractivity contribution in [2.45, 2.75) is 11.8 Å². The van der Waals surface area contributed by atoms with E-state index in [4.69, 9.17) is 5.26 Å². The lowest BCUT2D eigenvalue weighted by Crippen LogP contribution is -1.95. The first-order chi connectivity index (χ1) is 6.19. The third-order valence-electron chi connectivity index (χ3n) is 1.71. The smallest absolute Gasteiger partial charge is 0.160 e. The van der Waals surface area contributed by atoms with Crippen molar-refractivity contribution in [3.8, 4) is 6.07 Å². The van der Waals surface area contributed by atoms with Crippen LogP contribution in [-0.4, -0.2) is 12.0 Å². The molecule has 0 aliphatic carbocycles. The molecule has 2 nitrogen and oxygen atoms in total. The normalized spacial score (nSPS) is 9.31. The number of thioether (sulfide) groups is 1. The molecule has 1 aromatic carbocycles. The number of nitriles is 1. The van der Waals surface area contributed by atoms with E-state index < -0.39 is 0 Å². The maximum absolute atomic E-state index is 11.1. The molecule has 13 heavy (non-hydrogen) atoms. The lowest BCUT2D eigenvalue weighted by atomic mass is 10.1. The van der Waals surface area contributed by atoms with Crippen LogP contribution < -0.4 is 0 Å². The number of ketones is 1. The molecular formula is C10H9NOS. The molecule has 0 spiro atoms. The van der Waals surface area contributed by atoms with Crippen LogP contribution in [0.3, 0.4) is 0 Å². The van der Waals surface area contributed by atoms with Gasteiger partial charge in [0, 0.05) is 10.5 Å². The van der Waals surface area contributed by atoms with Crippen molar-refractivity contribution >= 4 is 17.5 Å². The van der Waals surface area contributed by atoms with Crippen LogP contribution in [0.15, 0.2) is 23.1 Å². The quantitative estimate of drug-likeness (QED) is 0.532. The number of benzene rings is 1. The Morgan fingerprint density at radius 1 is 1.54 bits per heavy atom. The Kier molecular flexibility index (Phi) is 3.10. The van der Waals surface area contributed by atoms with E-state index in [1.54, 1.807) is 18.2 Å². The van der Waals surface area contributed by atoms with E-state index in [0.29, 0.717) is 11.1 Å². The molecule has 1 rings (SSSR count). The molecular weight excluding hydrogens is 182 g/mol. The second kappa shape index (κ2) is 4.11. The fourth-order valence-electron chi connectivity index (χ4n) is 1.05. The molecule has 0 fully saturated rings. The second-order valence-corrected chi connectivity index (χ2v) is 3.43. The van der Waals surface area contributed by atoms with Crippen molar-refractivity contribution in [2.75, 3.05) is 6.26 Å². The molecule has 0 saturated heterocycles. The number of carbonyl (C=O) groups is 1. The van der Waals surface area contributed by atoms with Gasteiger partial charge >= 0.3 is 0 Å². The van der Waals surface area contributed by atoms with Gasteiger partial charge in [-0.05, 0) is 31.4 Å². The highest BCUT2D eigenvalue weighted by atomic mass is 32.2. The Labute approximate surface area is 81.6 Å². The minimum atomic E-state index is 0.0360. The third-order valence-corrected chi connectivity index (χ3v) is 2.49. The van der Waals surface area contributed by atoms with Gasteiger partial charge in [-0.3, -0.25) is 4.79 Å². The van der Waals surface area contributed by atoms with Gasteiger partial charge < -0.3 is 0 Å². The fourth-order valence-corrected chi connectivity index (χ4v) is 1.73. The lowest BCUT2D eigenvalue weighted by molar-refractivity contribution is 0.101. The number of carbonyl (C=O) groups excluding carboxylic acids is 1. The lowest BCUT2D eigenvalue weighted by Gasteiger charge is -2.03. The Morgan fingerprint density at radius 3 is 2.69 bits per heavy atom. The van der Waals surface area contributed by atoms with E-state index >= 15 is 0 Å². The van der Waals surface area contributed by atoms with Crippen molar-refractivity contribution < 1.29 is 4.79 Å². The monoisotopic (exact) mass is 191 g/mol. The highest BCUT2D eigenvalue weighted by Crippen LogP contribution is 2.21. The zero-order chi connectivity index (χ0) is 9.84. The minimum Gasteiger partial charge on any atom is -0.294 e. The first-order valence-electron chi connectivity index (χ1n) is 3.78. The number of rotatable bonds is 2. The van der Waals surface area contributed by atoms with Crippen LogP contribution in [0.2, 0.25) is 0 Å². The van der Waals surface area contributed by atoms with Crippen LogP contribution in [0.4, 0.5) is 0 Å². The summed E-state index contributed by atoms with van der Waals surface area (Å²) in [7, 11) is 0. The number of hydrogen-bond donors (Lipinski definition) is 0. The summed E-state index contributed by atoms with van der Waals surface area (Å²) in [6, 6.07) is 7.14. The molecule has 0 heterocycles. The van der Waals surface area contributed by atoms with Gasteiger partial charge in [-0.25, -0.2) is 0 Å². The maximum atomic E-state index is 11.1. The molecule has 0 atom stereocenters. The van der Waals surface area contributed by atoms with Crippen LogP contribution in [0.25, 0.3) is 0 Å². The van der Waals surface area contributed by atoms with Gasteiger partial charge in [-0.15, -0.1) is 11.8 Å². The van der Waals surface area contributed by atoms with Crippen molar-refractivity contribution in [3.63, 3.8) is 0 Å². The molecule has 0 saturated carbocycles. The van der Waals surface area contributed by atoms with Crippen LogP contribution in [0.5, 0.6) is 0 Å². The zero-order valence-corrected chi connectivity index (χ0v) is 8.31. The predicted molar refractivity (Wildman–Crippen MR) is 52.9 cm³/mol. The SMILES string of the molecule is CSc1cc(C#N)ccc1C(C)=O. The summed E-state index contributed by atoms with van der Waals surface area (Å²) in [6.45, 7) is 1.53. The van der Waals surface area contributed by atoms with Crippen LogP contribution in [0.1, 0.15) is 22.8 Å². The Morgan fingerprint density at radius 2 is 2.23 bits per heavy atom. The van der Waals surface area contributed by atoms with E-state index in [1.807, 2.05) is 12.3 Å². The Hall–Kier alpha value is -1.27. The van der Waals surface area contributed by atoms with Gasteiger partial charge in [0.15, 0.2) is 5.78 Å². The molecule has 0 N–H and O–H groups in total. The van der Waals surface area contributed by atoms with Crippen LogP contribution >= 0.6 is 11.8 Å². The molecule has 0 bridgehead atoms. The molecule has 1 aromatic rings. The number of nitrogens with zero attached hydrogens (tertiary/aromatic N) is 1. The molecule has 0 aromatic heterocycles. The first kappa shape index (κ1) is 9.82. The summed E-state index contributed by atoms with van der Waals surface area (Å²) < 4.78 is 0. The summed E-state index contributed by atoms with van der Waals surface area (Å²) in [6.07, 6.45) is 1.89. The molecule has 3 heteroatoms. The summed E-state index contributed by atoms with van der Waals surface area (Å²) in [4.78, 5) is 12.0. The summed E-state index contributed by atoms with van der Waals surface area (Å²) >= 11 is 1.48. The van der Waals surface area contributed by atoms with Crippen LogP contribution in [-0.2, 0) is 0 Å². The second-order valence-electron chi connectivity index (χ2n) is 2.58. The molecule has 0 aliphatic heterocycles. The average molecular weight is 191 g/mol. The van der Waals surface area contributed by atoms with E-state index in [-0.39, 0.29) is 5.78 Å².